The van der Waals surface area contributed by atoms with E-state index in [1.807, 2.05) is 42.2 Å². The molecule has 1 heterocycles. The van der Waals surface area contributed by atoms with Gasteiger partial charge in [0, 0.05) is 18.5 Å². The fraction of sp³-hybridized carbons (Fsp3) is 0.364. The van der Waals surface area contributed by atoms with Gasteiger partial charge in [0.15, 0.2) is 5.13 Å². The predicted molar refractivity (Wildman–Crippen MR) is 116 cm³/mol. The van der Waals surface area contributed by atoms with E-state index in [0.717, 1.165) is 39.6 Å². The summed E-state index contributed by atoms with van der Waals surface area (Å²) in [5.41, 5.74) is 2.76. The van der Waals surface area contributed by atoms with Gasteiger partial charge in [0.25, 0.3) is 5.91 Å². The molecule has 6 heteroatoms. The fourth-order valence-electron chi connectivity index (χ4n) is 3.08. The minimum absolute atomic E-state index is 0.0199. The monoisotopic (exact) mass is 398 g/mol. The number of rotatable bonds is 8. The van der Waals surface area contributed by atoms with Gasteiger partial charge < -0.3 is 9.64 Å². The van der Waals surface area contributed by atoms with Crippen molar-refractivity contribution in [1.82, 2.24) is 4.98 Å². The zero-order valence-electron chi connectivity index (χ0n) is 17.0. The van der Waals surface area contributed by atoms with E-state index in [-0.39, 0.29) is 5.91 Å². The van der Waals surface area contributed by atoms with Gasteiger partial charge in [-0.15, -0.1) is 0 Å². The van der Waals surface area contributed by atoms with Crippen LogP contribution in [0.25, 0.3) is 10.2 Å². The summed E-state index contributed by atoms with van der Waals surface area (Å²) in [6.07, 6.45) is 0.917. The van der Waals surface area contributed by atoms with Crippen molar-refractivity contribution in [1.29, 1.82) is 0 Å². The molecule has 0 fully saturated rings. The number of hydrogen-bond donors (Lipinski definition) is 1. The summed E-state index contributed by atoms with van der Waals surface area (Å²) in [6, 6.07) is 13.5. The minimum Gasteiger partial charge on any atom is -0.494 e. The molecule has 1 aromatic heterocycles. The zero-order chi connectivity index (χ0) is 20.1. The topological polar surface area (TPSA) is 46.9 Å². The summed E-state index contributed by atoms with van der Waals surface area (Å²) >= 11 is 1.58. The van der Waals surface area contributed by atoms with E-state index in [1.165, 1.54) is 4.90 Å². The highest BCUT2D eigenvalue weighted by Crippen LogP contribution is 2.31. The number of nitrogens with zero attached hydrogens (tertiary/aromatic N) is 2. The SMILES string of the molecule is CCOc1ccc(C(=O)N(CCC[NH+](C)C)c2nc3c(C)cccc3s2)cc1. The summed E-state index contributed by atoms with van der Waals surface area (Å²) < 4.78 is 6.60. The van der Waals surface area contributed by atoms with Crippen molar-refractivity contribution in [2.24, 2.45) is 0 Å². The number of quaternary nitrogens is 1. The molecule has 0 saturated carbocycles. The van der Waals surface area contributed by atoms with Crippen LogP contribution in [0.2, 0.25) is 0 Å². The van der Waals surface area contributed by atoms with Crippen LogP contribution >= 0.6 is 11.3 Å². The summed E-state index contributed by atoms with van der Waals surface area (Å²) in [6.45, 7) is 6.26. The van der Waals surface area contributed by atoms with Crippen molar-refractivity contribution in [3.05, 3.63) is 53.6 Å². The minimum atomic E-state index is -0.0199. The Kier molecular flexibility index (Phi) is 6.65. The number of ether oxygens (including phenoxy) is 1. The van der Waals surface area contributed by atoms with Crippen LogP contribution in [-0.2, 0) is 0 Å². The van der Waals surface area contributed by atoms with E-state index in [0.29, 0.717) is 18.7 Å². The number of aromatic nitrogens is 1. The van der Waals surface area contributed by atoms with Gasteiger partial charge in [0.1, 0.15) is 5.75 Å². The number of anilines is 1. The molecule has 0 bridgehead atoms. The normalized spacial score (nSPS) is 11.2. The van der Waals surface area contributed by atoms with E-state index in [9.17, 15) is 4.79 Å². The molecule has 28 heavy (non-hydrogen) atoms. The highest BCUT2D eigenvalue weighted by atomic mass is 32.1. The van der Waals surface area contributed by atoms with Gasteiger partial charge in [-0.05, 0) is 49.7 Å². The Morgan fingerprint density at radius 3 is 2.57 bits per heavy atom. The number of para-hydroxylation sites is 1. The lowest BCUT2D eigenvalue weighted by molar-refractivity contribution is -0.858. The molecule has 0 unspecified atom stereocenters. The molecule has 0 atom stereocenters. The molecule has 5 nitrogen and oxygen atoms in total. The van der Waals surface area contributed by atoms with Crippen LogP contribution in [0.5, 0.6) is 5.75 Å². The largest absolute Gasteiger partial charge is 0.494 e. The van der Waals surface area contributed by atoms with Gasteiger partial charge in [0.05, 0.1) is 37.5 Å². The van der Waals surface area contributed by atoms with Crippen LogP contribution in [-0.4, -0.2) is 44.7 Å². The van der Waals surface area contributed by atoms with Crippen molar-refractivity contribution in [2.45, 2.75) is 20.3 Å². The molecule has 0 spiro atoms. The van der Waals surface area contributed by atoms with Gasteiger partial charge in [-0.1, -0.05) is 23.5 Å². The number of benzene rings is 2. The van der Waals surface area contributed by atoms with Crippen molar-refractivity contribution in [2.75, 3.05) is 38.7 Å². The second-order valence-electron chi connectivity index (χ2n) is 7.14. The molecular weight excluding hydrogens is 370 g/mol. The molecule has 0 aliphatic heterocycles. The number of amides is 1. The molecule has 0 aliphatic rings. The van der Waals surface area contributed by atoms with Gasteiger partial charge in [-0.25, -0.2) is 4.98 Å². The number of aryl methyl sites for hydroxylation is 1. The molecule has 0 aliphatic carbocycles. The van der Waals surface area contributed by atoms with Gasteiger partial charge >= 0.3 is 0 Å². The lowest BCUT2D eigenvalue weighted by Crippen LogP contribution is -3.05. The molecule has 2 aromatic carbocycles. The summed E-state index contributed by atoms with van der Waals surface area (Å²) in [5, 5.41) is 0.761. The van der Waals surface area contributed by atoms with Crippen LogP contribution in [0.4, 0.5) is 5.13 Å². The highest BCUT2D eigenvalue weighted by Gasteiger charge is 2.22. The van der Waals surface area contributed by atoms with Crippen molar-refractivity contribution < 1.29 is 14.4 Å². The van der Waals surface area contributed by atoms with Crippen LogP contribution in [0, 0.1) is 6.92 Å². The number of nitrogens with one attached hydrogen (secondary N) is 1. The third kappa shape index (κ3) is 4.69. The Morgan fingerprint density at radius 1 is 1.18 bits per heavy atom. The Balaban J connectivity index is 1.90. The van der Waals surface area contributed by atoms with E-state index in [2.05, 4.69) is 33.2 Å². The maximum atomic E-state index is 13.3. The highest BCUT2D eigenvalue weighted by molar-refractivity contribution is 7.22. The van der Waals surface area contributed by atoms with Gasteiger partial charge in [-0.2, -0.15) is 0 Å². The van der Waals surface area contributed by atoms with E-state index in [4.69, 9.17) is 9.72 Å². The molecule has 0 saturated heterocycles. The Hall–Kier alpha value is -2.44. The number of thiazole rings is 1. The lowest BCUT2D eigenvalue weighted by atomic mass is 10.2. The molecular formula is C22H28N3O2S+. The molecule has 3 rings (SSSR count). The van der Waals surface area contributed by atoms with Crippen LogP contribution in [0.3, 0.4) is 0 Å². The maximum Gasteiger partial charge on any atom is 0.260 e. The average Bonchev–Trinajstić information content (AvgIpc) is 3.11. The average molecular weight is 399 g/mol. The molecule has 148 valence electrons. The summed E-state index contributed by atoms with van der Waals surface area (Å²) in [7, 11) is 4.25. The van der Waals surface area contributed by atoms with E-state index < -0.39 is 0 Å². The molecule has 1 amide bonds. The zero-order valence-corrected chi connectivity index (χ0v) is 17.8. The second kappa shape index (κ2) is 9.17. The first-order valence-electron chi connectivity index (χ1n) is 9.69. The molecule has 0 radical (unpaired) electrons. The summed E-state index contributed by atoms with van der Waals surface area (Å²) in [4.78, 5) is 21.3. The first-order valence-corrected chi connectivity index (χ1v) is 10.5. The van der Waals surface area contributed by atoms with E-state index in [1.54, 1.807) is 11.3 Å². The Morgan fingerprint density at radius 2 is 1.93 bits per heavy atom. The lowest BCUT2D eigenvalue weighted by Gasteiger charge is -2.20. The summed E-state index contributed by atoms with van der Waals surface area (Å²) in [5.74, 6) is 0.755. The van der Waals surface area contributed by atoms with Gasteiger partial charge in [-0.3, -0.25) is 9.69 Å². The fourth-order valence-corrected chi connectivity index (χ4v) is 4.15. The van der Waals surface area contributed by atoms with Gasteiger partial charge in [0.2, 0.25) is 0 Å². The van der Waals surface area contributed by atoms with Crippen molar-refractivity contribution in [3.8, 4) is 5.75 Å². The Bertz CT molecular complexity index is 935. The second-order valence-corrected chi connectivity index (χ2v) is 8.15. The predicted octanol–water partition coefficient (Wildman–Crippen LogP) is 3.18. The Labute approximate surface area is 170 Å². The number of fused-ring (bicyclic) bond motifs is 1. The van der Waals surface area contributed by atoms with Crippen molar-refractivity contribution in [3.63, 3.8) is 0 Å². The number of carbonyl (C=O) groups is 1. The van der Waals surface area contributed by atoms with E-state index >= 15 is 0 Å². The third-order valence-electron chi connectivity index (χ3n) is 4.56. The quantitative estimate of drug-likeness (QED) is 0.634. The maximum absolute atomic E-state index is 13.3. The first kappa shape index (κ1) is 20.3. The standard InChI is InChI=1S/C22H27N3O2S/c1-5-27-18-12-10-17(11-13-18)21(26)25(15-7-14-24(3)4)22-23-20-16(2)8-6-9-19(20)28-22/h6,8-13H,5,7,14-15H2,1-4H3/p+1. The first-order chi connectivity index (χ1) is 13.5. The molecule has 1 N–H and O–H groups in total. The number of hydrogen-bond acceptors (Lipinski definition) is 4. The third-order valence-corrected chi connectivity index (χ3v) is 5.60. The van der Waals surface area contributed by atoms with Crippen LogP contribution < -0.4 is 14.5 Å². The van der Waals surface area contributed by atoms with Crippen molar-refractivity contribution >= 4 is 32.6 Å². The number of carbonyl (C=O) groups excluding carboxylic acids is 1. The molecule has 3 aromatic rings. The smallest absolute Gasteiger partial charge is 0.260 e. The van der Waals surface area contributed by atoms with Crippen LogP contribution in [0.1, 0.15) is 29.3 Å². The van der Waals surface area contributed by atoms with Crippen LogP contribution in [0.15, 0.2) is 42.5 Å².